The lowest BCUT2D eigenvalue weighted by molar-refractivity contribution is -0.0493. The van der Waals surface area contributed by atoms with Crippen LogP contribution in [0.25, 0.3) is 5.57 Å². The molecule has 0 bridgehead atoms. The third kappa shape index (κ3) is 4.92. The summed E-state index contributed by atoms with van der Waals surface area (Å²) < 4.78 is 69.0. The SMILES string of the molecule is OCC(F)(F)CC1=C(c2cnn(C(F)F)c2)[C@H](c2ccc(F)cc2Cl)N=C(c2nccs2)N1. The Bertz CT molecular complexity index is 1210. The number of aliphatic hydroxyl groups excluding tert-OH is 1. The molecule has 0 saturated heterocycles. The monoisotopic (exact) mass is 503 g/mol. The van der Waals surface area contributed by atoms with Crippen molar-refractivity contribution >= 4 is 34.3 Å². The van der Waals surface area contributed by atoms with Crippen molar-refractivity contribution in [1.82, 2.24) is 20.1 Å². The van der Waals surface area contributed by atoms with Crippen LogP contribution in [-0.4, -0.2) is 38.2 Å². The molecule has 33 heavy (non-hydrogen) atoms. The Labute approximate surface area is 193 Å². The fourth-order valence-electron chi connectivity index (χ4n) is 3.37. The standard InChI is InChI=1S/C20H15ClF5N5OS/c21-13-5-11(22)1-2-12(13)16-15(10-7-28-31(8-10)19(23)24)14(6-20(25,26)9-32)29-17(30-16)18-27-3-4-33-18/h1-5,7-8,16,19,32H,6,9H2,(H,29,30)/t16-/m0/s1. The first-order valence-corrected chi connectivity index (χ1v) is 10.7. The van der Waals surface area contributed by atoms with E-state index in [4.69, 9.17) is 16.7 Å². The molecule has 3 aromatic rings. The predicted molar refractivity (Wildman–Crippen MR) is 113 cm³/mol. The average molecular weight is 504 g/mol. The second kappa shape index (κ2) is 9.20. The molecule has 174 valence electrons. The number of halogens is 6. The molecule has 0 fully saturated rings. The Morgan fingerprint density at radius 1 is 1.30 bits per heavy atom. The summed E-state index contributed by atoms with van der Waals surface area (Å²) in [6.07, 6.45) is 2.62. The zero-order valence-corrected chi connectivity index (χ0v) is 18.1. The molecule has 0 radical (unpaired) electrons. The van der Waals surface area contributed by atoms with Gasteiger partial charge in [0.15, 0.2) is 10.8 Å². The van der Waals surface area contributed by atoms with Gasteiger partial charge in [0.25, 0.3) is 5.92 Å². The molecule has 1 aromatic carbocycles. The molecule has 1 aliphatic rings. The Kier molecular flexibility index (Phi) is 6.50. The number of allylic oxidation sites excluding steroid dienone is 1. The first kappa shape index (κ1) is 23.3. The highest BCUT2D eigenvalue weighted by Crippen LogP contribution is 2.43. The van der Waals surface area contributed by atoms with Gasteiger partial charge in [0.05, 0.1) is 12.6 Å². The summed E-state index contributed by atoms with van der Waals surface area (Å²) in [7, 11) is 0. The third-order valence-corrected chi connectivity index (χ3v) is 5.90. The summed E-state index contributed by atoms with van der Waals surface area (Å²) in [5.41, 5.74) is 0.342. The van der Waals surface area contributed by atoms with Gasteiger partial charge in [0, 0.05) is 39.6 Å². The number of thiazole rings is 1. The lowest BCUT2D eigenvalue weighted by atomic mass is 9.90. The topological polar surface area (TPSA) is 75.3 Å². The third-order valence-electron chi connectivity index (χ3n) is 4.80. The van der Waals surface area contributed by atoms with Crippen molar-refractivity contribution in [3.05, 3.63) is 74.8 Å². The molecule has 13 heteroatoms. The van der Waals surface area contributed by atoms with E-state index in [0.29, 0.717) is 9.69 Å². The van der Waals surface area contributed by atoms with Gasteiger partial charge >= 0.3 is 6.55 Å². The number of benzene rings is 1. The van der Waals surface area contributed by atoms with E-state index in [1.807, 2.05) is 0 Å². The highest BCUT2D eigenvalue weighted by atomic mass is 35.5. The number of aliphatic imine (C=N–C) groups is 1. The first-order chi connectivity index (χ1) is 15.7. The Balaban J connectivity index is 1.94. The van der Waals surface area contributed by atoms with Crippen LogP contribution < -0.4 is 5.32 Å². The molecule has 1 atom stereocenters. The lowest BCUT2D eigenvalue weighted by Gasteiger charge is -2.30. The van der Waals surface area contributed by atoms with Gasteiger partial charge in [0.1, 0.15) is 18.5 Å². The number of amidine groups is 1. The molecule has 1 aliphatic heterocycles. The summed E-state index contributed by atoms with van der Waals surface area (Å²) in [5.74, 6) is -4.01. The minimum atomic E-state index is -3.53. The number of aliphatic hydroxyl groups is 1. The van der Waals surface area contributed by atoms with Crippen LogP contribution in [0.4, 0.5) is 22.0 Å². The normalized spacial score (nSPS) is 16.8. The first-order valence-electron chi connectivity index (χ1n) is 9.42. The molecular formula is C20H15ClF5N5OS. The van der Waals surface area contributed by atoms with Crippen LogP contribution in [0.1, 0.15) is 35.1 Å². The minimum absolute atomic E-state index is 0.0313. The van der Waals surface area contributed by atoms with Gasteiger partial charge in [-0.25, -0.2) is 22.8 Å². The van der Waals surface area contributed by atoms with Gasteiger partial charge in [-0.3, -0.25) is 4.99 Å². The van der Waals surface area contributed by atoms with Crippen molar-refractivity contribution in [2.45, 2.75) is 24.9 Å². The summed E-state index contributed by atoms with van der Waals surface area (Å²) in [6.45, 7) is -4.39. The van der Waals surface area contributed by atoms with Crippen molar-refractivity contribution < 1.29 is 27.1 Å². The fourth-order valence-corrected chi connectivity index (χ4v) is 4.23. The van der Waals surface area contributed by atoms with Crippen LogP contribution in [0.2, 0.25) is 5.02 Å². The van der Waals surface area contributed by atoms with Crippen molar-refractivity contribution in [3.8, 4) is 0 Å². The zero-order valence-electron chi connectivity index (χ0n) is 16.5. The maximum Gasteiger partial charge on any atom is 0.333 e. The molecule has 3 heterocycles. The Morgan fingerprint density at radius 3 is 2.70 bits per heavy atom. The van der Waals surface area contributed by atoms with E-state index in [2.05, 4.69) is 20.4 Å². The van der Waals surface area contributed by atoms with E-state index in [1.54, 1.807) is 5.38 Å². The quantitative estimate of drug-likeness (QED) is 0.443. The summed E-state index contributed by atoms with van der Waals surface area (Å²) in [4.78, 5) is 8.70. The highest BCUT2D eigenvalue weighted by Gasteiger charge is 2.37. The van der Waals surface area contributed by atoms with Crippen LogP contribution in [-0.2, 0) is 0 Å². The molecule has 0 saturated carbocycles. The van der Waals surface area contributed by atoms with Gasteiger partial charge in [-0.1, -0.05) is 17.7 Å². The van der Waals surface area contributed by atoms with Gasteiger partial charge in [-0.05, 0) is 17.7 Å². The summed E-state index contributed by atoms with van der Waals surface area (Å²) >= 11 is 7.45. The number of alkyl halides is 4. The van der Waals surface area contributed by atoms with E-state index < -0.39 is 37.4 Å². The second-order valence-electron chi connectivity index (χ2n) is 7.08. The average Bonchev–Trinajstić information content (AvgIpc) is 3.45. The van der Waals surface area contributed by atoms with Gasteiger partial charge in [-0.2, -0.15) is 13.9 Å². The van der Waals surface area contributed by atoms with Crippen LogP contribution in [0.15, 0.2) is 52.9 Å². The predicted octanol–water partition coefficient (Wildman–Crippen LogP) is 5.05. The maximum atomic E-state index is 14.3. The van der Waals surface area contributed by atoms with E-state index in [0.717, 1.165) is 24.5 Å². The largest absolute Gasteiger partial charge is 0.390 e. The van der Waals surface area contributed by atoms with Crippen LogP contribution >= 0.6 is 22.9 Å². The van der Waals surface area contributed by atoms with E-state index in [9.17, 15) is 22.0 Å². The Hall–Kier alpha value is -2.83. The highest BCUT2D eigenvalue weighted by molar-refractivity contribution is 7.11. The van der Waals surface area contributed by atoms with Gasteiger partial charge in [0.2, 0.25) is 0 Å². The maximum absolute atomic E-state index is 14.3. The lowest BCUT2D eigenvalue weighted by Crippen LogP contribution is -2.35. The number of nitrogens with one attached hydrogen (secondary N) is 1. The molecule has 2 aromatic heterocycles. The number of rotatable bonds is 7. The molecule has 0 unspecified atom stereocenters. The summed E-state index contributed by atoms with van der Waals surface area (Å²) in [5, 5.41) is 17.6. The van der Waals surface area contributed by atoms with Crippen molar-refractivity contribution in [2.24, 2.45) is 4.99 Å². The second-order valence-corrected chi connectivity index (χ2v) is 8.38. The fraction of sp³-hybridized carbons (Fsp3) is 0.250. The Morgan fingerprint density at radius 2 is 2.09 bits per heavy atom. The van der Waals surface area contributed by atoms with E-state index in [-0.39, 0.29) is 33.3 Å². The smallest absolute Gasteiger partial charge is 0.333 e. The van der Waals surface area contributed by atoms with Gasteiger partial charge < -0.3 is 10.4 Å². The van der Waals surface area contributed by atoms with Crippen LogP contribution in [0, 0.1) is 5.82 Å². The molecule has 4 rings (SSSR count). The molecule has 0 amide bonds. The molecule has 0 aliphatic carbocycles. The number of aromatic nitrogens is 3. The molecular weight excluding hydrogens is 489 g/mol. The number of nitrogens with zero attached hydrogens (tertiary/aromatic N) is 4. The van der Waals surface area contributed by atoms with Gasteiger partial charge in [-0.15, -0.1) is 11.3 Å². The van der Waals surface area contributed by atoms with E-state index >= 15 is 0 Å². The summed E-state index contributed by atoms with van der Waals surface area (Å²) in [6, 6.07) is 2.44. The van der Waals surface area contributed by atoms with E-state index in [1.165, 1.54) is 23.6 Å². The van der Waals surface area contributed by atoms with Crippen molar-refractivity contribution in [1.29, 1.82) is 0 Å². The van der Waals surface area contributed by atoms with Crippen LogP contribution in [0.3, 0.4) is 0 Å². The number of hydrogen-bond donors (Lipinski definition) is 2. The zero-order chi connectivity index (χ0) is 23.8. The number of hydrogen-bond acceptors (Lipinski definition) is 6. The minimum Gasteiger partial charge on any atom is -0.390 e. The molecule has 6 nitrogen and oxygen atoms in total. The van der Waals surface area contributed by atoms with Crippen molar-refractivity contribution in [2.75, 3.05) is 6.61 Å². The molecule has 0 spiro atoms. The van der Waals surface area contributed by atoms with Crippen LogP contribution in [0.5, 0.6) is 0 Å². The van der Waals surface area contributed by atoms with Crippen molar-refractivity contribution in [3.63, 3.8) is 0 Å². The molecule has 2 N–H and O–H groups in total.